The number of hydrogen-bond donors (Lipinski definition) is 5. The Morgan fingerprint density at radius 1 is 0.405 bits per heavy atom. The molecule has 5 aliphatic carbocycles. The number of nitriles is 1. The van der Waals surface area contributed by atoms with Crippen LogP contribution >= 0.6 is 0 Å². The number of rotatable bonds is 24. The molecule has 0 unspecified atom stereocenters. The number of ether oxygens (including phenoxy) is 5. The van der Waals surface area contributed by atoms with E-state index in [0.29, 0.717) is 132 Å². The van der Waals surface area contributed by atoms with Crippen molar-refractivity contribution < 1.29 is 109 Å². The van der Waals surface area contributed by atoms with Crippen molar-refractivity contribution in [2.45, 2.75) is 166 Å². The van der Waals surface area contributed by atoms with Crippen LogP contribution in [0.25, 0.3) is 30.4 Å². The molecule has 0 atom stereocenters. The minimum absolute atomic E-state index is 0.0677. The Kier molecular flexibility index (Phi) is 40.7. The van der Waals surface area contributed by atoms with Gasteiger partial charge in [-0.3, -0.25) is 24.0 Å². The van der Waals surface area contributed by atoms with Crippen molar-refractivity contribution in [3.8, 4) is 47.2 Å². The zero-order valence-corrected chi connectivity index (χ0v) is 70.3. The third kappa shape index (κ3) is 35.4. The van der Waals surface area contributed by atoms with E-state index in [-0.39, 0.29) is 123 Å². The summed E-state index contributed by atoms with van der Waals surface area (Å²) in [4.78, 5) is 73.6. The quantitative estimate of drug-likeness (QED) is 0.0166. The number of nitrogens with one attached hydrogen (secondary N) is 5. The van der Waals surface area contributed by atoms with E-state index in [1.165, 1.54) is 66.4 Å². The highest BCUT2D eigenvalue weighted by atomic mass is 19.4. The number of pyridine rings is 4. The number of halogens is 14. The summed E-state index contributed by atoms with van der Waals surface area (Å²) >= 11 is 0. The first kappa shape index (κ1) is 103. The van der Waals surface area contributed by atoms with Gasteiger partial charge in [0, 0.05) is 52.8 Å². The lowest BCUT2D eigenvalue weighted by molar-refractivity contribution is -0.183. The maximum absolute atomic E-state index is 13.2. The molecule has 0 radical (unpaired) electrons. The maximum atomic E-state index is 13.2. The number of hydrogen-bond acceptors (Lipinski definition) is 17. The second-order valence-electron chi connectivity index (χ2n) is 29.9. The Bertz CT molecular complexity index is 4640. The van der Waals surface area contributed by atoms with Gasteiger partial charge in [0.05, 0.1) is 107 Å². The van der Waals surface area contributed by atoms with Gasteiger partial charge in [0.2, 0.25) is 53.1 Å². The number of aromatic nitrogens is 6. The number of anilines is 5. The Morgan fingerprint density at radius 2 is 0.722 bits per heavy atom. The SMILES string of the molecule is C=CC(=O)Nc1cc(/C=C/C2CCC(C(F)(F)F)CC2)c(OC)nn1.C=CC(=O)Nc1cnc(OC)c(/C=C/C2CCC(C(F)(F)F)CC2)c1.C=CC(=O)Nc1cnc(OC)c(/C=C/C2CCC(F)(F)CC2)c1.CC#CC(=O)Nc1cnc(OC)c(/C=C/C2CCC(C(F)(F)F)CC2)c1.COc1cnc(NC(=O)/C=C/C#N)cc1/C=C/C1CCC(C(F)(F)F)CC1. The van der Waals surface area contributed by atoms with Crippen molar-refractivity contribution in [2.75, 3.05) is 62.1 Å². The normalized spacial score (nSPS) is 20.2. The summed E-state index contributed by atoms with van der Waals surface area (Å²) in [6, 6.07) is 10.0. The number of allylic oxidation sites excluding steroid dienone is 6. The molecule has 5 saturated carbocycles. The molecule has 36 heteroatoms. The second kappa shape index (κ2) is 50.0. The minimum atomic E-state index is -4.11. The van der Waals surface area contributed by atoms with E-state index in [0.717, 1.165) is 24.3 Å². The molecule has 126 heavy (non-hydrogen) atoms. The first-order chi connectivity index (χ1) is 59.7. The van der Waals surface area contributed by atoms with Gasteiger partial charge in [-0.1, -0.05) is 86.4 Å². The van der Waals surface area contributed by atoms with Crippen molar-refractivity contribution >= 4 is 88.6 Å². The van der Waals surface area contributed by atoms with Crippen molar-refractivity contribution in [1.29, 1.82) is 5.26 Å². The molecule has 10 rings (SSSR count). The molecule has 0 bridgehead atoms. The van der Waals surface area contributed by atoms with Crippen LogP contribution in [0.5, 0.6) is 29.3 Å². The summed E-state index contributed by atoms with van der Waals surface area (Å²) in [7, 11) is 7.39. The van der Waals surface area contributed by atoms with E-state index in [2.05, 4.69) is 88.3 Å². The number of amides is 5. The Labute approximate surface area is 722 Å². The molecule has 5 amide bonds. The Morgan fingerprint density at radius 3 is 1.05 bits per heavy atom. The van der Waals surface area contributed by atoms with E-state index in [1.54, 1.807) is 67.6 Å². The first-order valence-corrected chi connectivity index (χ1v) is 40.3. The molecule has 22 nitrogen and oxygen atoms in total. The van der Waals surface area contributed by atoms with E-state index in [4.69, 9.17) is 28.9 Å². The van der Waals surface area contributed by atoms with Crippen LogP contribution in [0.4, 0.5) is 90.2 Å². The predicted molar refractivity (Wildman–Crippen MR) is 452 cm³/mol. The van der Waals surface area contributed by atoms with Crippen molar-refractivity contribution in [2.24, 2.45) is 53.3 Å². The van der Waals surface area contributed by atoms with Crippen molar-refractivity contribution in [3.05, 3.63) is 163 Å². The van der Waals surface area contributed by atoms with Gasteiger partial charge < -0.3 is 50.3 Å². The summed E-state index contributed by atoms with van der Waals surface area (Å²) in [6.07, 6.45) is 19.2. The highest BCUT2D eigenvalue weighted by Gasteiger charge is 2.44. The molecule has 5 fully saturated rings. The van der Waals surface area contributed by atoms with Gasteiger partial charge >= 0.3 is 24.7 Å². The van der Waals surface area contributed by atoms with Gasteiger partial charge in [-0.15, -0.1) is 10.2 Å². The maximum Gasteiger partial charge on any atom is 0.391 e. The number of nitrogens with zero attached hydrogens (tertiary/aromatic N) is 7. The Hall–Kier alpha value is -12.2. The summed E-state index contributed by atoms with van der Waals surface area (Å²) in [5.74, 6) is -1.58. The van der Waals surface area contributed by atoms with Gasteiger partial charge in [0.1, 0.15) is 11.6 Å². The number of methoxy groups -OCH3 is 5. The topological polar surface area (TPSA) is 293 Å². The first-order valence-electron chi connectivity index (χ1n) is 40.3. The minimum Gasteiger partial charge on any atom is -0.495 e. The van der Waals surface area contributed by atoms with Gasteiger partial charge in [-0.05, 0) is 207 Å². The summed E-state index contributed by atoms with van der Waals surface area (Å²) < 4.78 is 205. The molecule has 5 aromatic rings. The van der Waals surface area contributed by atoms with Crippen LogP contribution < -0.4 is 50.3 Å². The zero-order valence-electron chi connectivity index (χ0n) is 70.3. The molecule has 5 heterocycles. The lowest BCUT2D eigenvalue weighted by atomic mass is 9.81. The van der Waals surface area contributed by atoms with E-state index in [9.17, 15) is 85.4 Å². The molecule has 680 valence electrons. The predicted octanol–water partition coefficient (Wildman–Crippen LogP) is 21.6. The fourth-order valence-corrected chi connectivity index (χ4v) is 14.2. The molecular formula is C90H102F14N12O10. The van der Waals surface area contributed by atoms with Gasteiger partial charge in [-0.25, -0.2) is 28.7 Å². The summed E-state index contributed by atoms with van der Waals surface area (Å²) in [5, 5.41) is 29.0. The highest BCUT2D eigenvalue weighted by molar-refractivity contribution is 6.04. The molecule has 5 N–H and O–H groups in total. The fraction of sp³-hybridized carbons (Fsp3) is 0.444. The molecule has 0 aliphatic heterocycles. The molecule has 0 aromatic carbocycles. The number of carbonyl (C=O) groups excluding carboxylic acids is 5. The van der Waals surface area contributed by atoms with Crippen LogP contribution in [0.1, 0.15) is 163 Å². The average molecular weight is 1780 g/mol. The summed E-state index contributed by atoms with van der Waals surface area (Å²) in [6.45, 7) is 11.7. The fourth-order valence-electron chi connectivity index (χ4n) is 14.2. The van der Waals surface area contributed by atoms with Crippen molar-refractivity contribution in [3.63, 3.8) is 0 Å². The van der Waals surface area contributed by atoms with Crippen LogP contribution in [0.2, 0.25) is 0 Å². The van der Waals surface area contributed by atoms with E-state index in [1.807, 2.05) is 36.5 Å². The average Bonchev–Trinajstić information content (AvgIpc) is 0.847. The van der Waals surface area contributed by atoms with Crippen LogP contribution in [0, 0.1) is 76.4 Å². The van der Waals surface area contributed by atoms with Gasteiger partial charge in [0.25, 0.3) is 5.91 Å². The highest BCUT2D eigenvalue weighted by Crippen LogP contribution is 2.45. The van der Waals surface area contributed by atoms with E-state index < -0.39 is 72.0 Å². The van der Waals surface area contributed by atoms with Crippen LogP contribution in [-0.2, 0) is 24.0 Å². The number of carbonyl (C=O) groups is 5. The second-order valence-corrected chi connectivity index (χ2v) is 29.9. The third-order valence-corrected chi connectivity index (χ3v) is 21.2. The molecular weight excluding hydrogens is 1680 g/mol. The lowest BCUT2D eigenvalue weighted by Gasteiger charge is -2.28. The monoisotopic (exact) mass is 1780 g/mol. The largest absolute Gasteiger partial charge is 0.495 e. The van der Waals surface area contributed by atoms with Crippen LogP contribution in [0.3, 0.4) is 0 Å². The lowest BCUT2D eigenvalue weighted by Crippen LogP contribution is -2.27. The van der Waals surface area contributed by atoms with Gasteiger partial charge in [0.15, 0.2) is 5.82 Å². The van der Waals surface area contributed by atoms with Crippen LogP contribution in [-0.4, -0.2) is 126 Å². The molecule has 0 spiro atoms. The van der Waals surface area contributed by atoms with Crippen LogP contribution in [0.15, 0.2) is 136 Å². The molecule has 5 aliphatic rings. The molecule has 5 aromatic heterocycles. The standard InChI is InChI=1S/C19H20F3N3O2.C19H21F3N2O2.C18H21F3N2O2.C17H20F3N3O2.C17H20F2N2O2/c1-27-16-12-24-17(25-18(26)3-2-10-23)11-14(16)7-4-13-5-8-15(9-6-13)19(20,21)22;1-3-4-17(25)24-16-11-14(18(26-2)23-12-16)8-5-13-6-9-15(10-7-13)19(20,21)22;1-3-16(24)23-15-10-13(17(25-2)22-11-15)7-4-12-5-8-14(9-6-12)18(19,20)21;1-3-15(24)21-14-10-12(16(25-2)23-22-14)7-4-11-5-8-13(9-6-11)17(18,19)20;1-3-15(22)21-14-10-13(16(23-2)20-11-14)5-4-12-6-8-17(18,19)9-7-12/h2-4,7,11-13,15H,5-6,8-9H2,1H3,(H,24,25,26);5,8,11-13,15H,6-7,9-10H2,1-2H3,(H,24,25);3-4,7,10-12,14H,1,5-6,8-9H2,2H3,(H,23,24);3-4,7,10-11,13H,1,5-6,8-9H2,2H3,(H,21,22,24);3-5,10-12H,1,6-9H2,2H3,(H,21,22)/b3-2+,7-4+;8-5+;2*7-4+;5-4+. The smallest absolute Gasteiger partial charge is 0.391 e. The van der Waals surface area contributed by atoms with Gasteiger partial charge in [-0.2, -0.15) is 57.9 Å². The third-order valence-electron chi connectivity index (χ3n) is 21.2. The van der Waals surface area contributed by atoms with Crippen molar-refractivity contribution in [1.82, 2.24) is 30.1 Å². The summed E-state index contributed by atoms with van der Waals surface area (Å²) in [5.41, 5.74) is 4.72. The Balaban J connectivity index is 0.000000243. The molecule has 0 saturated heterocycles. The zero-order chi connectivity index (χ0) is 92.8. The number of alkyl halides is 14. The van der Waals surface area contributed by atoms with E-state index >= 15 is 0 Å².